The van der Waals surface area contributed by atoms with Crippen molar-refractivity contribution in [2.24, 2.45) is 17.8 Å². The van der Waals surface area contributed by atoms with Crippen LogP contribution in [0.2, 0.25) is 0 Å². The fourth-order valence-electron chi connectivity index (χ4n) is 8.82. The molecule has 1 atom stereocenters. The van der Waals surface area contributed by atoms with Gasteiger partial charge in [0.1, 0.15) is 12.6 Å². The Morgan fingerprint density at radius 1 is 0.930 bits per heavy atom. The zero-order chi connectivity index (χ0) is 30.4. The average molecular weight is 671 g/mol. The predicted molar refractivity (Wildman–Crippen MR) is 173 cm³/mol. The minimum Gasteiger partial charge on any atom is -0.352 e. The Morgan fingerprint density at radius 3 is 2.02 bits per heavy atom. The minimum atomic E-state index is -3.77. The molecule has 232 valence electrons. The summed E-state index contributed by atoms with van der Waals surface area (Å²) in [5, 5.41) is 3.11. The van der Waals surface area contributed by atoms with Crippen molar-refractivity contribution in [2.75, 3.05) is 17.1 Å². The molecule has 0 heterocycles. The molecule has 43 heavy (non-hydrogen) atoms. The van der Waals surface area contributed by atoms with E-state index >= 15 is 0 Å². The van der Waals surface area contributed by atoms with Crippen LogP contribution >= 0.6 is 15.9 Å². The summed E-state index contributed by atoms with van der Waals surface area (Å²) in [7, 11) is -3.77. The molecule has 0 saturated heterocycles. The number of carbonyl (C=O) groups excluding carboxylic acids is 2. The molecule has 4 bridgehead atoms. The summed E-state index contributed by atoms with van der Waals surface area (Å²) < 4.78 is 28.3. The lowest BCUT2D eigenvalue weighted by atomic mass is 9.48. The highest BCUT2D eigenvalue weighted by Gasteiger charge is 2.51. The van der Waals surface area contributed by atoms with Crippen molar-refractivity contribution in [3.8, 4) is 0 Å². The van der Waals surface area contributed by atoms with Gasteiger partial charge in [-0.1, -0.05) is 53.0 Å². The zero-order valence-electron chi connectivity index (χ0n) is 25.3. The number of nitrogens with zero attached hydrogens (tertiary/aromatic N) is 2. The summed E-state index contributed by atoms with van der Waals surface area (Å²) in [5.41, 5.74) is 2.87. The number of amides is 2. The molecule has 0 radical (unpaired) electrons. The Labute approximate surface area is 265 Å². The SMILES string of the molecule is CC(C(=O)NC1CCCC1)N(Cc1ccc(Br)cc1)C(=O)CN(c1ccc(C23CC4CC(CC(C4)C2)C3)cc1)S(C)(=O)=O. The number of rotatable bonds is 10. The van der Waals surface area contributed by atoms with E-state index < -0.39 is 22.0 Å². The van der Waals surface area contributed by atoms with Gasteiger partial charge in [-0.3, -0.25) is 13.9 Å². The van der Waals surface area contributed by atoms with Crippen LogP contribution in [0, 0.1) is 17.8 Å². The lowest BCUT2D eigenvalue weighted by Crippen LogP contribution is -2.52. The Balaban J connectivity index is 1.22. The van der Waals surface area contributed by atoms with Gasteiger partial charge in [0.15, 0.2) is 0 Å². The lowest BCUT2D eigenvalue weighted by Gasteiger charge is -2.57. The largest absolute Gasteiger partial charge is 0.352 e. The first-order chi connectivity index (χ1) is 20.5. The maximum atomic E-state index is 14.0. The second-order valence-corrected chi connectivity index (χ2v) is 16.7. The Kier molecular flexibility index (Phi) is 8.68. The first-order valence-corrected chi connectivity index (χ1v) is 18.6. The van der Waals surface area contributed by atoms with Crippen LogP contribution in [0.4, 0.5) is 5.69 Å². The van der Waals surface area contributed by atoms with Crippen molar-refractivity contribution in [1.82, 2.24) is 10.2 Å². The molecule has 9 heteroatoms. The lowest BCUT2D eigenvalue weighted by molar-refractivity contribution is -0.139. The minimum absolute atomic E-state index is 0.125. The topological polar surface area (TPSA) is 86.8 Å². The van der Waals surface area contributed by atoms with Gasteiger partial charge in [-0.2, -0.15) is 0 Å². The maximum absolute atomic E-state index is 14.0. The highest BCUT2D eigenvalue weighted by Crippen LogP contribution is 2.60. The van der Waals surface area contributed by atoms with E-state index in [4.69, 9.17) is 0 Å². The van der Waals surface area contributed by atoms with E-state index in [0.29, 0.717) is 5.69 Å². The molecule has 2 aromatic carbocycles. The number of hydrogen-bond acceptors (Lipinski definition) is 4. The standard InChI is InChI=1S/C34H44BrN3O4S/c1-23(33(40)36-30-5-3-4-6-30)37(21-24-7-11-29(35)12-8-24)32(39)22-38(43(2,41)42)31-13-9-28(10-14-31)34-18-25-15-26(19-34)17-27(16-25)20-34/h7-14,23,25-27,30H,3-6,15-22H2,1-2H3,(H,36,40). The molecule has 1 unspecified atom stereocenters. The van der Waals surface area contributed by atoms with Crippen molar-refractivity contribution in [2.45, 2.75) is 95.2 Å². The van der Waals surface area contributed by atoms with Gasteiger partial charge >= 0.3 is 0 Å². The molecule has 5 aliphatic rings. The monoisotopic (exact) mass is 669 g/mol. The van der Waals surface area contributed by atoms with E-state index in [1.54, 1.807) is 6.92 Å². The van der Waals surface area contributed by atoms with Crippen LogP contribution in [0.1, 0.15) is 82.3 Å². The molecular formula is C34H44BrN3O4S. The molecule has 5 aliphatic carbocycles. The van der Waals surface area contributed by atoms with Crippen LogP contribution in [0.15, 0.2) is 53.0 Å². The molecule has 7 rings (SSSR count). The summed E-state index contributed by atoms with van der Waals surface area (Å²) in [6.07, 6.45) is 13.0. The molecular weight excluding hydrogens is 626 g/mol. The molecule has 5 fully saturated rings. The average Bonchev–Trinajstić information content (AvgIpc) is 3.47. The van der Waals surface area contributed by atoms with Gasteiger partial charge in [0, 0.05) is 17.1 Å². The third kappa shape index (κ3) is 6.68. The fourth-order valence-corrected chi connectivity index (χ4v) is 9.93. The number of carbonyl (C=O) groups is 2. The number of benzene rings is 2. The number of halogens is 1. The molecule has 7 nitrogen and oxygen atoms in total. The summed E-state index contributed by atoms with van der Waals surface area (Å²) in [4.78, 5) is 28.8. The number of sulfonamides is 1. The summed E-state index contributed by atoms with van der Waals surface area (Å²) in [5.74, 6) is 1.85. The molecule has 0 spiro atoms. The number of hydrogen-bond donors (Lipinski definition) is 1. The Bertz CT molecular complexity index is 1400. The van der Waals surface area contributed by atoms with E-state index in [2.05, 4.69) is 33.4 Å². The molecule has 0 aromatic heterocycles. The highest BCUT2D eigenvalue weighted by molar-refractivity contribution is 9.10. The van der Waals surface area contributed by atoms with Crippen molar-refractivity contribution in [3.63, 3.8) is 0 Å². The van der Waals surface area contributed by atoms with Gasteiger partial charge in [0.25, 0.3) is 0 Å². The number of anilines is 1. The smallest absolute Gasteiger partial charge is 0.244 e. The molecule has 2 amide bonds. The van der Waals surface area contributed by atoms with Gasteiger partial charge in [-0.25, -0.2) is 8.42 Å². The molecule has 0 aliphatic heterocycles. The molecule has 1 N–H and O–H groups in total. The van der Waals surface area contributed by atoms with Crippen molar-refractivity contribution >= 4 is 43.5 Å². The summed E-state index contributed by atoms with van der Waals surface area (Å²) in [6.45, 7) is 1.56. The van der Waals surface area contributed by atoms with E-state index in [0.717, 1.165) is 59.7 Å². The second-order valence-electron chi connectivity index (χ2n) is 13.8. The molecule has 5 saturated carbocycles. The van der Waals surface area contributed by atoms with E-state index in [1.807, 2.05) is 36.4 Å². The quantitative estimate of drug-likeness (QED) is 0.328. The van der Waals surface area contributed by atoms with Gasteiger partial charge in [-0.15, -0.1) is 0 Å². The van der Waals surface area contributed by atoms with E-state index in [9.17, 15) is 18.0 Å². The number of nitrogens with one attached hydrogen (secondary N) is 1. The van der Waals surface area contributed by atoms with Crippen LogP contribution in [-0.2, 0) is 31.6 Å². The Morgan fingerprint density at radius 2 is 1.49 bits per heavy atom. The van der Waals surface area contributed by atoms with Crippen molar-refractivity contribution < 1.29 is 18.0 Å². The van der Waals surface area contributed by atoms with Crippen LogP contribution in [0.3, 0.4) is 0 Å². The predicted octanol–water partition coefficient (Wildman–Crippen LogP) is 6.16. The third-order valence-electron chi connectivity index (χ3n) is 10.6. The van der Waals surface area contributed by atoms with Gasteiger partial charge in [-0.05, 0) is 117 Å². The van der Waals surface area contributed by atoms with Gasteiger partial charge < -0.3 is 10.2 Å². The normalized spacial score (nSPS) is 27.2. The fraction of sp³-hybridized carbons (Fsp3) is 0.588. The van der Waals surface area contributed by atoms with Gasteiger partial charge in [0.05, 0.1) is 11.9 Å². The maximum Gasteiger partial charge on any atom is 0.244 e. The van der Waals surface area contributed by atoms with Crippen molar-refractivity contribution in [3.05, 3.63) is 64.1 Å². The first-order valence-electron chi connectivity index (χ1n) is 15.9. The molecule has 2 aromatic rings. The Hall–Kier alpha value is -2.39. The summed E-state index contributed by atoms with van der Waals surface area (Å²) in [6, 6.07) is 14.9. The van der Waals surface area contributed by atoms with Crippen molar-refractivity contribution in [1.29, 1.82) is 0 Å². The first kappa shape index (κ1) is 30.6. The van der Waals surface area contributed by atoms with E-state index in [1.165, 1.54) is 53.3 Å². The van der Waals surface area contributed by atoms with Crippen LogP contribution in [0.25, 0.3) is 0 Å². The van der Waals surface area contributed by atoms with Crippen LogP contribution < -0.4 is 9.62 Å². The van der Waals surface area contributed by atoms with E-state index in [-0.39, 0.29) is 30.5 Å². The zero-order valence-corrected chi connectivity index (χ0v) is 27.7. The van der Waals surface area contributed by atoms with Gasteiger partial charge in [0.2, 0.25) is 21.8 Å². The van der Waals surface area contributed by atoms with Crippen LogP contribution in [0.5, 0.6) is 0 Å². The second kappa shape index (κ2) is 12.2. The van der Waals surface area contributed by atoms with Crippen LogP contribution in [-0.4, -0.2) is 50.0 Å². The summed E-state index contributed by atoms with van der Waals surface area (Å²) >= 11 is 3.45. The highest BCUT2D eigenvalue weighted by atomic mass is 79.9. The third-order valence-corrected chi connectivity index (χ3v) is 12.3.